The lowest BCUT2D eigenvalue weighted by molar-refractivity contribution is 0.0468. The number of carbonyl (C=O) groups excluding carboxylic acids is 1. The Labute approximate surface area is 278 Å². The Balaban J connectivity index is 1.37. The molecular weight excluding hydrogens is 620 g/mol. The number of carbonyl (C=O) groups is 2. The standard InChI is InChI=1S/C37H39ClN2O7/c1-40(2)26-9-13-30-33(23-26)47-35-28-14-10-27(41)21-24(28)7-12-31(35)34(30)29-11-8-25(22-32(29)37(43)44)36(42)39-16-18-46-20-19-45-17-6-4-3-5-15-38/h7-14,21-23H,3-6,15-20H2,1-2H3,(H,39,42)(H,43,44). The Morgan fingerprint density at radius 3 is 2.34 bits per heavy atom. The highest BCUT2D eigenvalue weighted by atomic mass is 35.5. The fraction of sp³-hybridized carbons (Fsp3) is 0.324. The molecule has 5 aromatic rings. The first-order valence-electron chi connectivity index (χ1n) is 15.8. The minimum Gasteiger partial charge on any atom is -0.478 e. The van der Waals surface area contributed by atoms with Crippen LogP contribution in [0.15, 0.2) is 75.9 Å². The van der Waals surface area contributed by atoms with E-state index in [-0.39, 0.29) is 23.1 Å². The van der Waals surface area contributed by atoms with E-state index in [1.165, 1.54) is 12.1 Å². The summed E-state index contributed by atoms with van der Waals surface area (Å²) in [5.41, 5.74) is 3.19. The third-order valence-electron chi connectivity index (χ3n) is 8.03. The number of benzene rings is 4. The van der Waals surface area contributed by atoms with E-state index >= 15 is 0 Å². The molecule has 1 amide bonds. The molecule has 1 heterocycles. The van der Waals surface area contributed by atoms with Crippen LogP contribution in [0.3, 0.4) is 0 Å². The Bertz CT molecular complexity index is 1950. The van der Waals surface area contributed by atoms with Gasteiger partial charge in [-0.3, -0.25) is 9.59 Å². The molecule has 5 rings (SSSR count). The highest BCUT2D eigenvalue weighted by Gasteiger charge is 2.21. The SMILES string of the molecule is CN(C)c1ccc2c(-c3ccc(C(=O)NCCOCCOCCCCCCCl)cc3C(=O)O)c3ccc4cc(=O)ccc4c3oc2c1. The average molecular weight is 659 g/mol. The summed E-state index contributed by atoms with van der Waals surface area (Å²) in [7, 11) is 3.85. The summed E-state index contributed by atoms with van der Waals surface area (Å²) in [5.74, 6) is -0.872. The molecule has 0 radical (unpaired) electrons. The van der Waals surface area contributed by atoms with E-state index in [9.17, 15) is 19.5 Å². The van der Waals surface area contributed by atoms with Gasteiger partial charge < -0.3 is 29.2 Å². The number of anilines is 1. The van der Waals surface area contributed by atoms with Crippen molar-refractivity contribution in [1.82, 2.24) is 5.32 Å². The minimum atomic E-state index is -1.17. The van der Waals surface area contributed by atoms with E-state index in [0.717, 1.165) is 47.5 Å². The smallest absolute Gasteiger partial charge is 0.336 e. The second-order valence-corrected chi connectivity index (χ2v) is 11.9. The highest BCUT2D eigenvalue weighted by Crippen LogP contribution is 2.41. The van der Waals surface area contributed by atoms with Gasteiger partial charge in [-0.1, -0.05) is 25.0 Å². The number of ether oxygens (including phenoxy) is 2. The number of nitrogens with one attached hydrogen (secondary N) is 1. The molecule has 2 N–H and O–H groups in total. The van der Waals surface area contributed by atoms with Crippen molar-refractivity contribution >= 4 is 61.9 Å². The Kier molecular flexibility index (Phi) is 11.5. The number of rotatable bonds is 16. The molecule has 0 saturated heterocycles. The van der Waals surface area contributed by atoms with Crippen molar-refractivity contribution in [3.8, 4) is 11.1 Å². The number of unbranched alkanes of at least 4 members (excludes halogenated alkanes) is 3. The van der Waals surface area contributed by atoms with E-state index in [1.54, 1.807) is 24.3 Å². The molecular formula is C37H39ClN2O7. The molecule has 0 fully saturated rings. The van der Waals surface area contributed by atoms with Crippen molar-refractivity contribution in [2.75, 3.05) is 57.8 Å². The van der Waals surface area contributed by atoms with Gasteiger partial charge in [0.1, 0.15) is 11.2 Å². The first kappa shape index (κ1) is 33.9. The number of hydrogen-bond acceptors (Lipinski definition) is 7. The lowest BCUT2D eigenvalue weighted by Gasteiger charge is -2.18. The maximum absolute atomic E-state index is 13.0. The molecule has 1 aromatic heterocycles. The van der Waals surface area contributed by atoms with Crippen LogP contribution in [0, 0.1) is 0 Å². The third-order valence-corrected chi connectivity index (χ3v) is 8.30. The fourth-order valence-corrected chi connectivity index (χ4v) is 5.79. The monoisotopic (exact) mass is 658 g/mol. The normalized spacial score (nSPS) is 11.4. The van der Waals surface area contributed by atoms with Gasteiger partial charge in [0, 0.05) is 72.2 Å². The summed E-state index contributed by atoms with van der Waals surface area (Å²) in [5, 5.41) is 16.0. The van der Waals surface area contributed by atoms with Gasteiger partial charge in [0.15, 0.2) is 5.43 Å². The van der Waals surface area contributed by atoms with E-state index in [2.05, 4.69) is 5.32 Å². The Morgan fingerprint density at radius 2 is 1.57 bits per heavy atom. The number of halogens is 1. The van der Waals surface area contributed by atoms with Gasteiger partial charge in [-0.2, -0.15) is 0 Å². The van der Waals surface area contributed by atoms with Crippen molar-refractivity contribution in [1.29, 1.82) is 0 Å². The number of fused-ring (bicyclic) bond motifs is 4. The van der Waals surface area contributed by atoms with E-state index in [0.29, 0.717) is 60.0 Å². The van der Waals surface area contributed by atoms with Crippen LogP contribution in [0.25, 0.3) is 43.8 Å². The lowest BCUT2D eigenvalue weighted by Crippen LogP contribution is -2.28. The highest BCUT2D eigenvalue weighted by molar-refractivity contribution is 6.18. The topological polar surface area (TPSA) is 118 Å². The number of nitrogens with zero attached hydrogens (tertiary/aromatic N) is 1. The average Bonchev–Trinajstić information content (AvgIpc) is 3.06. The Morgan fingerprint density at radius 1 is 0.830 bits per heavy atom. The van der Waals surface area contributed by atoms with Crippen molar-refractivity contribution < 1.29 is 28.6 Å². The first-order chi connectivity index (χ1) is 22.8. The molecule has 0 spiro atoms. The van der Waals surface area contributed by atoms with Gasteiger partial charge in [-0.05, 0) is 72.3 Å². The van der Waals surface area contributed by atoms with Crippen LogP contribution in [-0.4, -0.2) is 69.9 Å². The quantitative estimate of drug-likeness (QED) is 0.0499. The van der Waals surface area contributed by atoms with Gasteiger partial charge in [0.25, 0.3) is 5.91 Å². The molecule has 246 valence electrons. The second-order valence-electron chi connectivity index (χ2n) is 11.5. The number of aromatic carboxylic acids is 1. The van der Waals surface area contributed by atoms with Gasteiger partial charge in [-0.25, -0.2) is 4.79 Å². The van der Waals surface area contributed by atoms with Crippen LogP contribution >= 0.6 is 11.6 Å². The summed E-state index contributed by atoms with van der Waals surface area (Å²) in [6.45, 7) is 2.16. The van der Waals surface area contributed by atoms with Crippen LogP contribution in [0.5, 0.6) is 0 Å². The molecule has 0 aliphatic rings. The van der Waals surface area contributed by atoms with Crippen molar-refractivity contribution in [2.45, 2.75) is 25.7 Å². The maximum atomic E-state index is 13.0. The predicted molar refractivity (Wildman–Crippen MR) is 187 cm³/mol. The van der Waals surface area contributed by atoms with Crippen LogP contribution in [0.2, 0.25) is 0 Å². The summed E-state index contributed by atoms with van der Waals surface area (Å²) in [6.07, 6.45) is 4.22. The number of amides is 1. The molecule has 47 heavy (non-hydrogen) atoms. The molecule has 4 aromatic carbocycles. The van der Waals surface area contributed by atoms with Gasteiger partial charge in [0.05, 0.1) is 25.4 Å². The minimum absolute atomic E-state index is 0.0193. The van der Waals surface area contributed by atoms with Crippen molar-refractivity contribution in [2.24, 2.45) is 0 Å². The number of hydrogen-bond donors (Lipinski definition) is 2. The van der Waals surface area contributed by atoms with Gasteiger partial charge >= 0.3 is 5.97 Å². The first-order valence-corrected chi connectivity index (χ1v) is 16.3. The summed E-state index contributed by atoms with van der Waals surface area (Å²) >= 11 is 5.68. The maximum Gasteiger partial charge on any atom is 0.336 e. The zero-order valence-corrected chi connectivity index (χ0v) is 27.4. The molecule has 9 nitrogen and oxygen atoms in total. The fourth-order valence-electron chi connectivity index (χ4n) is 5.60. The van der Waals surface area contributed by atoms with E-state index in [1.807, 2.05) is 49.3 Å². The number of carboxylic acid groups (broad SMARTS) is 1. The van der Waals surface area contributed by atoms with Gasteiger partial charge in [-0.15, -0.1) is 11.6 Å². The molecule has 0 bridgehead atoms. The van der Waals surface area contributed by atoms with Crippen molar-refractivity contribution in [3.05, 3.63) is 88.1 Å². The van der Waals surface area contributed by atoms with Gasteiger partial charge in [0.2, 0.25) is 0 Å². The molecule has 0 unspecified atom stereocenters. The Hall–Kier alpha value is -4.44. The van der Waals surface area contributed by atoms with Crippen LogP contribution in [0.1, 0.15) is 46.4 Å². The third kappa shape index (κ3) is 8.11. The van der Waals surface area contributed by atoms with Crippen LogP contribution in [0.4, 0.5) is 5.69 Å². The molecule has 0 aliphatic heterocycles. The zero-order chi connectivity index (χ0) is 33.3. The number of carboxylic acids is 1. The summed E-state index contributed by atoms with van der Waals surface area (Å²) in [6, 6.07) is 18.9. The molecule has 0 saturated carbocycles. The molecule has 0 aliphatic carbocycles. The summed E-state index contributed by atoms with van der Waals surface area (Å²) < 4.78 is 17.6. The molecule has 0 atom stereocenters. The van der Waals surface area contributed by atoms with Crippen molar-refractivity contribution in [3.63, 3.8) is 0 Å². The lowest BCUT2D eigenvalue weighted by atomic mass is 9.91. The molecule has 10 heteroatoms. The largest absolute Gasteiger partial charge is 0.478 e. The van der Waals surface area contributed by atoms with Crippen LogP contribution in [-0.2, 0) is 9.47 Å². The predicted octanol–water partition coefficient (Wildman–Crippen LogP) is 7.09. The van der Waals surface area contributed by atoms with E-state index in [4.69, 9.17) is 25.5 Å². The second kappa shape index (κ2) is 15.9. The zero-order valence-electron chi connectivity index (χ0n) is 26.6. The van der Waals surface area contributed by atoms with Crippen LogP contribution < -0.4 is 15.6 Å². The van der Waals surface area contributed by atoms with E-state index < -0.39 is 11.9 Å². The number of alkyl halides is 1. The summed E-state index contributed by atoms with van der Waals surface area (Å²) in [4.78, 5) is 39.7.